The second-order valence-electron chi connectivity index (χ2n) is 5.71. The summed E-state index contributed by atoms with van der Waals surface area (Å²) in [5.41, 5.74) is 1.49. The number of anilines is 1. The summed E-state index contributed by atoms with van der Waals surface area (Å²) in [6, 6.07) is 4.08. The number of nitrogens with zero attached hydrogens (tertiary/aromatic N) is 2. The predicted molar refractivity (Wildman–Crippen MR) is 81.9 cm³/mol. The third-order valence-electron chi connectivity index (χ3n) is 4.24. The third kappa shape index (κ3) is 3.30. The fraction of sp³-hybridized carbons (Fsp3) is 0.625. The van der Waals surface area contributed by atoms with E-state index in [1.54, 1.807) is 6.20 Å². The molecule has 1 saturated carbocycles. The van der Waals surface area contributed by atoms with E-state index in [0.29, 0.717) is 17.7 Å². The Morgan fingerprint density at radius 2 is 2.20 bits per heavy atom. The zero-order valence-corrected chi connectivity index (χ0v) is 12.7. The minimum absolute atomic E-state index is 0.0310. The Balaban J connectivity index is 2.11. The third-order valence-corrected chi connectivity index (χ3v) is 4.24. The molecule has 20 heavy (non-hydrogen) atoms. The van der Waals surface area contributed by atoms with Gasteiger partial charge in [0, 0.05) is 31.5 Å². The average molecular weight is 275 g/mol. The largest absolute Gasteiger partial charge is 0.385 e. The molecule has 0 aliphatic heterocycles. The molecule has 1 fully saturated rings. The van der Waals surface area contributed by atoms with Crippen molar-refractivity contribution in [3.63, 3.8) is 0 Å². The summed E-state index contributed by atoms with van der Waals surface area (Å²) in [6.07, 6.45) is 6.53. The van der Waals surface area contributed by atoms with Crippen molar-refractivity contribution in [2.75, 3.05) is 18.9 Å². The van der Waals surface area contributed by atoms with Crippen LogP contribution in [0.25, 0.3) is 0 Å². The topological polar surface area (TPSA) is 45.2 Å². The minimum Gasteiger partial charge on any atom is -0.385 e. The van der Waals surface area contributed by atoms with Crippen LogP contribution in [0.1, 0.15) is 50.0 Å². The summed E-state index contributed by atoms with van der Waals surface area (Å²) in [5.74, 6) is 0.609. The van der Waals surface area contributed by atoms with Crippen molar-refractivity contribution in [2.45, 2.75) is 45.6 Å². The molecule has 1 aliphatic rings. The van der Waals surface area contributed by atoms with Gasteiger partial charge in [-0.1, -0.05) is 19.8 Å². The maximum Gasteiger partial charge on any atom is 0.272 e. The van der Waals surface area contributed by atoms with E-state index >= 15 is 0 Å². The van der Waals surface area contributed by atoms with E-state index in [-0.39, 0.29) is 5.91 Å². The summed E-state index contributed by atoms with van der Waals surface area (Å²) in [4.78, 5) is 18.7. The van der Waals surface area contributed by atoms with Gasteiger partial charge in [-0.05, 0) is 37.8 Å². The van der Waals surface area contributed by atoms with Gasteiger partial charge in [0.05, 0.1) is 0 Å². The van der Waals surface area contributed by atoms with Crippen molar-refractivity contribution in [2.24, 2.45) is 5.92 Å². The summed E-state index contributed by atoms with van der Waals surface area (Å²) < 4.78 is 0. The van der Waals surface area contributed by atoms with Crippen molar-refractivity contribution in [3.05, 3.63) is 24.0 Å². The summed E-state index contributed by atoms with van der Waals surface area (Å²) in [7, 11) is 1.91. The minimum atomic E-state index is 0.0310. The maximum atomic E-state index is 12.6. The molecule has 4 nitrogen and oxygen atoms in total. The molecule has 1 aromatic rings. The Labute approximate surface area is 121 Å². The van der Waals surface area contributed by atoms with Crippen LogP contribution in [0, 0.1) is 5.92 Å². The summed E-state index contributed by atoms with van der Waals surface area (Å²) >= 11 is 0. The predicted octanol–water partition coefficient (Wildman–Crippen LogP) is 3.16. The normalized spacial score (nSPS) is 22.4. The monoisotopic (exact) mass is 275 g/mol. The number of hydrogen-bond donors (Lipinski definition) is 1. The van der Waals surface area contributed by atoms with Gasteiger partial charge in [-0.25, -0.2) is 0 Å². The van der Waals surface area contributed by atoms with E-state index in [9.17, 15) is 4.79 Å². The van der Waals surface area contributed by atoms with E-state index in [1.165, 1.54) is 19.3 Å². The first-order chi connectivity index (χ1) is 9.63. The van der Waals surface area contributed by atoms with Crippen molar-refractivity contribution in [3.8, 4) is 0 Å². The molecule has 1 aliphatic carbocycles. The highest BCUT2D eigenvalue weighted by Gasteiger charge is 2.28. The van der Waals surface area contributed by atoms with Gasteiger partial charge in [-0.15, -0.1) is 0 Å². The first-order valence-corrected chi connectivity index (χ1v) is 7.60. The lowest BCUT2D eigenvalue weighted by Crippen LogP contribution is -2.42. The number of hydrogen-bond acceptors (Lipinski definition) is 3. The number of aromatic nitrogens is 1. The molecule has 1 heterocycles. The number of pyridine rings is 1. The first kappa shape index (κ1) is 14.8. The van der Waals surface area contributed by atoms with Gasteiger partial charge in [-0.2, -0.15) is 0 Å². The number of amides is 1. The lowest BCUT2D eigenvalue weighted by molar-refractivity contribution is 0.0623. The van der Waals surface area contributed by atoms with Gasteiger partial charge in [0.2, 0.25) is 0 Å². The van der Waals surface area contributed by atoms with Crippen molar-refractivity contribution < 1.29 is 4.79 Å². The highest BCUT2D eigenvalue weighted by Crippen LogP contribution is 2.28. The Bertz CT molecular complexity index is 461. The molecular weight excluding hydrogens is 250 g/mol. The molecule has 2 atom stereocenters. The Morgan fingerprint density at radius 3 is 2.90 bits per heavy atom. The standard InChI is InChI=1S/C16H25N3O/c1-4-17-13-9-10-18-14(11-13)16(20)19(3)15-8-6-5-7-12(15)2/h9-12,15H,4-8H2,1-3H3,(H,17,18). The molecule has 110 valence electrons. The quantitative estimate of drug-likeness (QED) is 0.918. The van der Waals surface area contributed by atoms with Gasteiger partial charge in [0.1, 0.15) is 5.69 Å². The second-order valence-corrected chi connectivity index (χ2v) is 5.71. The van der Waals surface area contributed by atoms with Crippen LogP contribution >= 0.6 is 0 Å². The molecule has 2 unspecified atom stereocenters. The molecule has 0 saturated heterocycles. The number of carbonyl (C=O) groups excluding carboxylic acids is 1. The number of carbonyl (C=O) groups is 1. The van der Waals surface area contributed by atoms with Crippen LogP contribution < -0.4 is 5.32 Å². The van der Waals surface area contributed by atoms with Crippen LogP contribution in [0.3, 0.4) is 0 Å². The van der Waals surface area contributed by atoms with E-state index in [1.807, 2.05) is 31.0 Å². The van der Waals surface area contributed by atoms with E-state index < -0.39 is 0 Å². The molecule has 2 rings (SSSR count). The molecule has 0 aromatic carbocycles. The van der Waals surface area contributed by atoms with E-state index in [2.05, 4.69) is 17.2 Å². The number of rotatable bonds is 4. The summed E-state index contributed by atoms with van der Waals surface area (Å²) in [5, 5.41) is 3.22. The average Bonchev–Trinajstić information content (AvgIpc) is 2.47. The fourth-order valence-electron chi connectivity index (χ4n) is 3.06. The van der Waals surface area contributed by atoms with Crippen molar-refractivity contribution in [1.82, 2.24) is 9.88 Å². The Morgan fingerprint density at radius 1 is 1.45 bits per heavy atom. The van der Waals surface area contributed by atoms with E-state index in [4.69, 9.17) is 0 Å². The zero-order chi connectivity index (χ0) is 14.5. The molecule has 1 aromatic heterocycles. The smallest absolute Gasteiger partial charge is 0.272 e. The summed E-state index contributed by atoms with van der Waals surface area (Å²) in [6.45, 7) is 5.13. The van der Waals surface area contributed by atoms with Crippen LogP contribution in [-0.4, -0.2) is 35.4 Å². The molecule has 4 heteroatoms. The van der Waals surface area contributed by atoms with Gasteiger partial charge < -0.3 is 10.2 Å². The molecule has 1 amide bonds. The lowest BCUT2D eigenvalue weighted by atomic mass is 9.85. The van der Waals surface area contributed by atoms with Crippen LogP contribution in [0.4, 0.5) is 5.69 Å². The SMILES string of the molecule is CCNc1ccnc(C(=O)N(C)C2CCCCC2C)c1. The maximum absolute atomic E-state index is 12.6. The first-order valence-electron chi connectivity index (χ1n) is 7.60. The molecule has 0 bridgehead atoms. The lowest BCUT2D eigenvalue weighted by Gasteiger charge is -2.36. The van der Waals surface area contributed by atoms with Crippen LogP contribution in [0.15, 0.2) is 18.3 Å². The van der Waals surface area contributed by atoms with Crippen LogP contribution in [0.2, 0.25) is 0 Å². The second kappa shape index (κ2) is 6.73. The van der Waals surface area contributed by atoms with Crippen molar-refractivity contribution >= 4 is 11.6 Å². The van der Waals surface area contributed by atoms with Crippen molar-refractivity contribution in [1.29, 1.82) is 0 Å². The van der Waals surface area contributed by atoms with Crippen LogP contribution in [0.5, 0.6) is 0 Å². The van der Waals surface area contributed by atoms with E-state index in [0.717, 1.165) is 18.7 Å². The highest BCUT2D eigenvalue weighted by molar-refractivity contribution is 5.93. The Kier molecular flexibility index (Phi) is 4.99. The van der Waals surface area contributed by atoms with Gasteiger partial charge in [0.15, 0.2) is 0 Å². The Hall–Kier alpha value is -1.58. The molecule has 0 spiro atoms. The zero-order valence-electron chi connectivity index (χ0n) is 12.7. The fourth-order valence-corrected chi connectivity index (χ4v) is 3.06. The molecule has 0 radical (unpaired) electrons. The van der Waals surface area contributed by atoms with Crippen LogP contribution in [-0.2, 0) is 0 Å². The number of nitrogens with one attached hydrogen (secondary N) is 1. The highest BCUT2D eigenvalue weighted by atomic mass is 16.2. The van der Waals surface area contributed by atoms with Gasteiger partial charge in [-0.3, -0.25) is 9.78 Å². The van der Waals surface area contributed by atoms with Gasteiger partial charge >= 0.3 is 0 Å². The molecular formula is C16H25N3O. The molecule has 1 N–H and O–H groups in total. The van der Waals surface area contributed by atoms with Gasteiger partial charge in [0.25, 0.3) is 5.91 Å².